The van der Waals surface area contributed by atoms with Crippen LogP contribution in [-0.4, -0.2) is 0 Å². The molecule has 0 heteroatoms. The van der Waals surface area contributed by atoms with Crippen molar-refractivity contribution in [3.63, 3.8) is 0 Å². The fourth-order valence-corrected chi connectivity index (χ4v) is 8.25. The molecule has 0 bridgehead atoms. The van der Waals surface area contributed by atoms with Crippen LogP contribution in [0.1, 0.15) is 72.2 Å². The van der Waals surface area contributed by atoms with Crippen LogP contribution >= 0.6 is 0 Å². The molecule has 6 aromatic carbocycles. The van der Waals surface area contributed by atoms with E-state index in [1.807, 2.05) is 0 Å². The highest BCUT2D eigenvalue weighted by Crippen LogP contribution is 2.59. The van der Waals surface area contributed by atoms with E-state index in [1.165, 1.54) is 66.8 Å². The van der Waals surface area contributed by atoms with Gasteiger partial charge in [-0.05, 0) is 80.6 Å². The highest BCUT2D eigenvalue weighted by Gasteiger charge is 2.47. The molecule has 0 aliphatic heterocycles. The molecule has 6 aromatic rings. The van der Waals surface area contributed by atoms with Crippen molar-refractivity contribution in [1.82, 2.24) is 0 Å². The normalized spacial score (nSPS) is 17.6. The Labute approximate surface area is 255 Å². The van der Waals surface area contributed by atoms with Gasteiger partial charge in [0.1, 0.15) is 0 Å². The Morgan fingerprint density at radius 3 is 1.47 bits per heavy atom. The largest absolute Gasteiger partial charge is 0.0622 e. The second-order valence-electron chi connectivity index (χ2n) is 13.2. The zero-order valence-electron chi connectivity index (χ0n) is 25.4. The molecule has 208 valence electrons. The van der Waals surface area contributed by atoms with Crippen LogP contribution in [-0.2, 0) is 16.2 Å². The third kappa shape index (κ3) is 3.44. The summed E-state index contributed by atoms with van der Waals surface area (Å²) in [6.07, 6.45) is 0. The van der Waals surface area contributed by atoms with Crippen molar-refractivity contribution in [2.75, 3.05) is 0 Å². The van der Waals surface area contributed by atoms with E-state index in [0.29, 0.717) is 0 Å². The standard InChI is InChI=1S/C43H36/c1-41(2,29-16-6-5-7-17-29)30-18-14-19-31(28-30)42(3)37-25-13-10-22-34(37)40-38(42)26-15-27-39(40)43(4)35-23-11-8-20-32(35)33-21-9-12-24-36(33)43/h5-28H,1-4H3. The average Bonchev–Trinajstić information content (AvgIpc) is 3.49. The van der Waals surface area contributed by atoms with Gasteiger partial charge in [0, 0.05) is 16.2 Å². The van der Waals surface area contributed by atoms with Gasteiger partial charge in [0.2, 0.25) is 0 Å². The molecule has 0 spiro atoms. The van der Waals surface area contributed by atoms with Gasteiger partial charge >= 0.3 is 0 Å². The first-order chi connectivity index (χ1) is 20.9. The topological polar surface area (TPSA) is 0 Å². The summed E-state index contributed by atoms with van der Waals surface area (Å²) in [5, 5.41) is 0. The fraction of sp³-hybridized carbons (Fsp3) is 0.163. The minimum Gasteiger partial charge on any atom is -0.0622 e. The van der Waals surface area contributed by atoms with E-state index in [9.17, 15) is 0 Å². The zero-order chi connectivity index (χ0) is 29.4. The van der Waals surface area contributed by atoms with Crippen molar-refractivity contribution in [2.45, 2.75) is 43.9 Å². The van der Waals surface area contributed by atoms with E-state index in [-0.39, 0.29) is 16.2 Å². The molecule has 2 aliphatic rings. The Morgan fingerprint density at radius 1 is 0.395 bits per heavy atom. The van der Waals surface area contributed by atoms with Gasteiger partial charge in [0.25, 0.3) is 0 Å². The molecule has 0 saturated carbocycles. The molecule has 0 radical (unpaired) electrons. The van der Waals surface area contributed by atoms with Crippen molar-refractivity contribution in [1.29, 1.82) is 0 Å². The summed E-state index contributed by atoms with van der Waals surface area (Å²) in [4.78, 5) is 0. The summed E-state index contributed by atoms with van der Waals surface area (Å²) in [6.45, 7) is 9.56. The van der Waals surface area contributed by atoms with E-state index < -0.39 is 0 Å². The summed E-state index contributed by atoms with van der Waals surface area (Å²) in [6, 6.07) is 54.4. The monoisotopic (exact) mass is 552 g/mol. The molecule has 1 unspecified atom stereocenters. The molecular formula is C43H36. The highest BCUT2D eigenvalue weighted by molar-refractivity contribution is 5.91. The maximum absolute atomic E-state index is 2.47. The van der Waals surface area contributed by atoms with Gasteiger partial charge in [-0.3, -0.25) is 0 Å². The lowest BCUT2D eigenvalue weighted by molar-refractivity contribution is 0.633. The second-order valence-corrected chi connectivity index (χ2v) is 13.2. The number of benzene rings is 6. The van der Waals surface area contributed by atoms with Gasteiger partial charge in [-0.25, -0.2) is 0 Å². The summed E-state index contributed by atoms with van der Waals surface area (Å²) < 4.78 is 0. The molecule has 43 heavy (non-hydrogen) atoms. The molecule has 8 rings (SSSR count). The first-order valence-electron chi connectivity index (χ1n) is 15.5. The zero-order valence-corrected chi connectivity index (χ0v) is 25.4. The molecule has 0 fully saturated rings. The predicted molar refractivity (Wildman–Crippen MR) is 180 cm³/mol. The van der Waals surface area contributed by atoms with Gasteiger partial charge in [-0.15, -0.1) is 0 Å². The van der Waals surface area contributed by atoms with Gasteiger partial charge in [0.15, 0.2) is 0 Å². The van der Waals surface area contributed by atoms with E-state index in [2.05, 4.69) is 173 Å². The van der Waals surface area contributed by atoms with Gasteiger partial charge in [0.05, 0.1) is 0 Å². The van der Waals surface area contributed by atoms with Crippen LogP contribution in [0.4, 0.5) is 0 Å². The van der Waals surface area contributed by atoms with Crippen molar-refractivity contribution in [2.24, 2.45) is 0 Å². The van der Waals surface area contributed by atoms with Crippen molar-refractivity contribution < 1.29 is 0 Å². The Kier molecular flexibility index (Phi) is 5.53. The summed E-state index contributed by atoms with van der Waals surface area (Å²) in [5.41, 5.74) is 15.8. The number of rotatable bonds is 4. The first kappa shape index (κ1) is 26.0. The molecular weight excluding hydrogens is 516 g/mol. The molecule has 2 aliphatic carbocycles. The SMILES string of the molecule is CC(C)(c1ccccc1)c1cccc(C2(C)c3ccccc3-c3c2cccc3C2(C)c3ccccc3-c3ccccc32)c1. The van der Waals surface area contributed by atoms with Crippen LogP contribution in [0.25, 0.3) is 22.3 Å². The molecule has 0 heterocycles. The van der Waals surface area contributed by atoms with Gasteiger partial charge in [-0.1, -0.05) is 159 Å². The fourth-order valence-electron chi connectivity index (χ4n) is 8.25. The van der Waals surface area contributed by atoms with Crippen molar-refractivity contribution in [3.05, 3.63) is 190 Å². The van der Waals surface area contributed by atoms with E-state index in [1.54, 1.807) is 0 Å². The highest BCUT2D eigenvalue weighted by atomic mass is 14.5. The van der Waals surface area contributed by atoms with Crippen LogP contribution in [0.2, 0.25) is 0 Å². The Bertz CT molecular complexity index is 1980. The van der Waals surface area contributed by atoms with Crippen LogP contribution < -0.4 is 0 Å². The van der Waals surface area contributed by atoms with Crippen molar-refractivity contribution in [3.8, 4) is 22.3 Å². The number of hydrogen-bond acceptors (Lipinski definition) is 0. The lowest BCUT2D eigenvalue weighted by Crippen LogP contribution is -2.26. The van der Waals surface area contributed by atoms with E-state index >= 15 is 0 Å². The van der Waals surface area contributed by atoms with E-state index in [0.717, 1.165) is 0 Å². The minimum atomic E-state index is -0.279. The molecule has 0 aromatic heterocycles. The molecule has 0 amide bonds. The predicted octanol–water partition coefficient (Wildman–Crippen LogP) is 10.7. The number of hydrogen-bond donors (Lipinski definition) is 0. The maximum Gasteiger partial charge on any atom is 0.0441 e. The summed E-state index contributed by atoms with van der Waals surface area (Å²) in [5.74, 6) is 0. The van der Waals surface area contributed by atoms with E-state index in [4.69, 9.17) is 0 Å². The van der Waals surface area contributed by atoms with Crippen LogP contribution in [0.15, 0.2) is 146 Å². The lowest BCUT2D eigenvalue weighted by Gasteiger charge is -2.33. The number of fused-ring (bicyclic) bond motifs is 6. The minimum absolute atomic E-state index is 0.110. The Hall–Kier alpha value is -4.68. The second kappa shape index (κ2) is 9.16. The van der Waals surface area contributed by atoms with Gasteiger partial charge in [-0.2, -0.15) is 0 Å². The average molecular weight is 553 g/mol. The molecule has 0 nitrogen and oxygen atoms in total. The lowest BCUT2D eigenvalue weighted by atomic mass is 9.69. The smallest absolute Gasteiger partial charge is 0.0441 e. The van der Waals surface area contributed by atoms with Crippen LogP contribution in [0, 0.1) is 0 Å². The molecule has 1 atom stereocenters. The maximum atomic E-state index is 2.47. The third-order valence-corrected chi connectivity index (χ3v) is 10.8. The third-order valence-electron chi connectivity index (χ3n) is 10.8. The van der Waals surface area contributed by atoms with Crippen molar-refractivity contribution >= 4 is 0 Å². The quantitative estimate of drug-likeness (QED) is 0.204. The van der Waals surface area contributed by atoms with Crippen LogP contribution in [0.3, 0.4) is 0 Å². The van der Waals surface area contributed by atoms with Gasteiger partial charge < -0.3 is 0 Å². The van der Waals surface area contributed by atoms with Crippen LogP contribution in [0.5, 0.6) is 0 Å². The Morgan fingerprint density at radius 2 is 0.837 bits per heavy atom. The summed E-state index contributed by atoms with van der Waals surface area (Å²) in [7, 11) is 0. The molecule has 0 saturated heterocycles. The Balaban J connectivity index is 1.38. The first-order valence-corrected chi connectivity index (χ1v) is 15.5. The molecule has 0 N–H and O–H groups in total. The summed E-state index contributed by atoms with van der Waals surface area (Å²) >= 11 is 0.